The number of sulfonamides is 1. The Kier molecular flexibility index (Phi) is 6.60. The molecule has 0 saturated carbocycles. The van der Waals surface area contributed by atoms with E-state index in [2.05, 4.69) is 14.8 Å². The van der Waals surface area contributed by atoms with Crippen LogP contribution in [0.4, 0.5) is 11.4 Å². The van der Waals surface area contributed by atoms with E-state index in [4.69, 9.17) is 0 Å². The zero-order valence-electron chi connectivity index (χ0n) is 12.4. The summed E-state index contributed by atoms with van der Waals surface area (Å²) in [6.07, 6.45) is 0. The topological polar surface area (TPSA) is 87.7 Å². The van der Waals surface area contributed by atoms with Gasteiger partial charge in [0, 0.05) is 32.6 Å². The fourth-order valence-electron chi connectivity index (χ4n) is 1.49. The molecule has 0 saturated heterocycles. The molecule has 8 heteroatoms. The number of carbonyl (C=O) groups excluding carboxylic acids is 1. The van der Waals surface area contributed by atoms with Crippen molar-refractivity contribution >= 4 is 27.3 Å². The van der Waals surface area contributed by atoms with Crippen LogP contribution in [0.25, 0.3) is 0 Å². The van der Waals surface area contributed by atoms with Gasteiger partial charge in [0.05, 0.1) is 18.9 Å². The maximum Gasteiger partial charge on any atom is 0.239 e. The number of carbonyl (C=O) groups is 1. The lowest BCUT2D eigenvalue weighted by molar-refractivity contribution is -0.115. The number of methoxy groups -OCH3 is 1. The van der Waals surface area contributed by atoms with Crippen molar-refractivity contribution in [2.45, 2.75) is 0 Å². The van der Waals surface area contributed by atoms with Gasteiger partial charge in [-0.2, -0.15) is 0 Å². The molecule has 118 valence electrons. The molecule has 1 aromatic carbocycles. The summed E-state index contributed by atoms with van der Waals surface area (Å²) >= 11 is 0. The minimum absolute atomic E-state index is 0.0863. The van der Waals surface area contributed by atoms with Gasteiger partial charge in [0.1, 0.15) is 0 Å². The molecule has 0 aliphatic heterocycles. The van der Waals surface area contributed by atoms with Crippen molar-refractivity contribution in [2.75, 3.05) is 50.3 Å². The molecule has 0 heterocycles. The molecule has 0 radical (unpaired) electrons. The van der Waals surface area contributed by atoms with E-state index in [-0.39, 0.29) is 18.9 Å². The highest BCUT2D eigenvalue weighted by atomic mass is 32.2. The van der Waals surface area contributed by atoms with Crippen molar-refractivity contribution in [2.24, 2.45) is 0 Å². The summed E-state index contributed by atoms with van der Waals surface area (Å²) in [6, 6.07) is 7.23. The van der Waals surface area contributed by atoms with Crippen LogP contribution in [-0.4, -0.2) is 54.4 Å². The molecule has 2 N–H and O–H groups in total. The van der Waals surface area contributed by atoms with Crippen LogP contribution in [0.5, 0.6) is 0 Å². The van der Waals surface area contributed by atoms with Crippen molar-refractivity contribution in [1.29, 1.82) is 0 Å². The molecule has 0 unspecified atom stereocenters. The first-order valence-corrected chi connectivity index (χ1v) is 8.03. The Morgan fingerprint density at radius 3 is 2.38 bits per heavy atom. The van der Waals surface area contributed by atoms with E-state index in [1.165, 1.54) is 7.11 Å². The standard InChI is InChI=1S/C13H21N3O4S/c1-16(2)12-6-4-11(5-7-12)15-13(17)10-14-21(18,19)9-8-20-3/h4-7,14H,8-10H2,1-3H3,(H,15,17). The number of anilines is 2. The second-order valence-corrected chi connectivity index (χ2v) is 6.55. The van der Waals surface area contributed by atoms with Crippen LogP contribution in [0.1, 0.15) is 0 Å². The molecular weight excluding hydrogens is 294 g/mol. The summed E-state index contributed by atoms with van der Waals surface area (Å²) in [6.45, 7) is -0.218. The van der Waals surface area contributed by atoms with E-state index in [9.17, 15) is 13.2 Å². The molecule has 0 aliphatic rings. The van der Waals surface area contributed by atoms with Gasteiger partial charge in [0.15, 0.2) is 0 Å². The molecule has 0 aromatic heterocycles. The normalized spacial score (nSPS) is 11.2. The summed E-state index contributed by atoms with van der Waals surface area (Å²) in [7, 11) is 1.76. The Labute approximate surface area is 125 Å². The maximum atomic E-state index is 11.7. The van der Waals surface area contributed by atoms with Crippen LogP contribution in [-0.2, 0) is 19.6 Å². The van der Waals surface area contributed by atoms with Crippen LogP contribution < -0.4 is 14.9 Å². The number of rotatable bonds is 8. The minimum atomic E-state index is -3.49. The molecule has 0 fully saturated rings. The Morgan fingerprint density at radius 2 is 1.86 bits per heavy atom. The molecule has 0 spiro atoms. The average molecular weight is 315 g/mol. The van der Waals surface area contributed by atoms with E-state index in [0.29, 0.717) is 5.69 Å². The van der Waals surface area contributed by atoms with Crippen molar-refractivity contribution in [3.05, 3.63) is 24.3 Å². The van der Waals surface area contributed by atoms with Gasteiger partial charge in [-0.15, -0.1) is 0 Å². The van der Waals surface area contributed by atoms with Crippen LogP contribution in [0.3, 0.4) is 0 Å². The molecule has 21 heavy (non-hydrogen) atoms. The highest BCUT2D eigenvalue weighted by Gasteiger charge is 2.12. The zero-order valence-corrected chi connectivity index (χ0v) is 13.2. The number of benzene rings is 1. The van der Waals surface area contributed by atoms with Crippen LogP contribution in [0, 0.1) is 0 Å². The SMILES string of the molecule is COCCS(=O)(=O)NCC(=O)Nc1ccc(N(C)C)cc1. The number of amides is 1. The molecule has 1 rings (SSSR count). The van der Waals surface area contributed by atoms with Gasteiger partial charge in [0.2, 0.25) is 15.9 Å². The third kappa shape index (κ3) is 6.56. The fraction of sp³-hybridized carbons (Fsp3) is 0.462. The number of ether oxygens (including phenoxy) is 1. The van der Waals surface area contributed by atoms with E-state index < -0.39 is 15.9 Å². The number of hydrogen-bond acceptors (Lipinski definition) is 5. The first kappa shape index (κ1) is 17.4. The van der Waals surface area contributed by atoms with E-state index in [1.807, 2.05) is 31.1 Å². The van der Waals surface area contributed by atoms with Gasteiger partial charge < -0.3 is 15.0 Å². The highest BCUT2D eigenvalue weighted by molar-refractivity contribution is 7.89. The lowest BCUT2D eigenvalue weighted by Gasteiger charge is -2.13. The Balaban J connectivity index is 2.47. The quantitative estimate of drug-likeness (QED) is 0.718. The van der Waals surface area contributed by atoms with Gasteiger partial charge in [-0.3, -0.25) is 4.79 Å². The monoisotopic (exact) mass is 315 g/mol. The lowest BCUT2D eigenvalue weighted by atomic mass is 10.2. The third-order valence-corrected chi connectivity index (χ3v) is 3.96. The zero-order chi connectivity index (χ0) is 15.9. The molecule has 0 bridgehead atoms. The van der Waals surface area contributed by atoms with E-state index in [1.54, 1.807) is 12.1 Å². The maximum absolute atomic E-state index is 11.7. The smallest absolute Gasteiger partial charge is 0.239 e. The van der Waals surface area contributed by atoms with Crippen LogP contribution >= 0.6 is 0 Å². The minimum Gasteiger partial charge on any atom is -0.384 e. The summed E-state index contributed by atoms with van der Waals surface area (Å²) < 4.78 is 29.9. The first-order valence-electron chi connectivity index (χ1n) is 6.37. The van der Waals surface area contributed by atoms with E-state index in [0.717, 1.165) is 5.69 Å². The Morgan fingerprint density at radius 1 is 1.24 bits per heavy atom. The second-order valence-electron chi connectivity index (χ2n) is 4.62. The van der Waals surface area contributed by atoms with Crippen LogP contribution in [0.2, 0.25) is 0 Å². The molecule has 1 aromatic rings. The van der Waals surface area contributed by atoms with E-state index >= 15 is 0 Å². The van der Waals surface area contributed by atoms with Crippen LogP contribution in [0.15, 0.2) is 24.3 Å². The Bertz CT molecular complexity index is 555. The number of nitrogens with zero attached hydrogens (tertiary/aromatic N) is 1. The lowest BCUT2D eigenvalue weighted by Crippen LogP contribution is -2.35. The first-order chi connectivity index (χ1) is 9.84. The fourth-order valence-corrected chi connectivity index (χ4v) is 2.37. The van der Waals surface area contributed by atoms with Gasteiger partial charge >= 0.3 is 0 Å². The van der Waals surface area contributed by atoms with Gasteiger partial charge in [-0.1, -0.05) is 0 Å². The average Bonchev–Trinajstić information content (AvgIpc) is 2.44. The van der Waals surface area contributed by atoms with Crippen molar-refractivity contribution in [1.82, 2.24) is 4.72 Å². The molecule has 0 aliphatic carbocycles. The molecule has 7 nitrogen and oxygen atoms in total. The van der Waals surface area contributed by atoms with Crippen molar-refractivity contribution in [3.63, 3.8) is 0 Å². The van der Waals surface area contributed by atoms with Gasteiger partial charge in [0.25, 0.3) is 0 Å². The van der Waals surface area contributed by atoms with Gasteiger partial charge in [-0.05, 0) is 24.3 Å². The van der Waals surface area contributed by atoms with Gasteiger partial charge in [-0.25, -0.2) is 13.1 Å². The number of nitrogens with one attached hydrogen (secondary N) is 2. The molecule has 0 atom stereocenters. The Hall–Kier alpha value is -1.64. The summed E-state index contributed by atoms with van der Waals surface area (Å²) in [5.41, 5.74) is 1.62. The number of hydrogen-bond donors (Lipinski definition) is 2. The second kappa shape index (κ2) is 7.96. The summed E-state index contributed by atoms with van der Waals surface area (Å²) in [4.78, 5) is 13.6. The summed E-state index contributed by atoms with van der Waals surface area (Å²) in [5, 5.41) is 2.62. The summed E-state index contributed by atoms with van der Waals surface area (Å²) in [5.74, 6) is -0.595. The predicted octanol–water partition coefficient (Wildman–Crippen LogP) is 0.257. The highest BCUT2D eigenvalue weighted by Crippen LogP contribution is 2.15. The molecule has 1 amide bonds. The molecular formula is C13H21N3O4S. The third-order valence-electron chi connectivity index (χ3n) is 2.68. The predicted molar refractivity (Wildman–Crippen MR) is 83.1 cm³/mol. The van der Waals surface area contributed by atoms with Crippen molar-refractivity contribution in [3.8, 4) is 0 Å². The van der Waals surface area contributed by atoms with Crippen molar-refractivity contribution < 1.29 is 17.9 Å². The largest absolute Gasteiger partial charge is 0.384 e.